The van der Waals surface area contributed by atoms with Gasteiger partial charge in [0.15, 0.2) is 0 Å². The van der Waals surface area contributed by atoms with E-state index in [0.717, 1.165) is 5.56 Å². The molecule has 0 amide bonds. The lowest BCUT2D eigenvalue weighted by atomic mass is 10.1. The van der Waals surface area contributed by atoms with Crippen LogP contribution in [0.15, 0.2) is 48.5 Å². The van der Waals surface area contributed by atoms with Crippen LogP contribution in [0.4, 0.5) is 4.39 Å². The molecule has 0 bridgehead atoms. The van der Waals surface area contributed by atoms with E-state index in [4.69, 9.17) is 11.6 Å². The average Bonchev–Trinajstić information content (AvgIpc) is 2.41. The largest absolute Gasteiger partial charge is 0.306 e. The van der Waals surface area contributed by atoms with Gasteiger partial charge in [0.05, 0.1) is 5.02 Å². The van der Waals surface area contributed by atoms with Gasteiger partial charge < -0.3 is 5.32 Å². The van der Waals surface area contributed by atoms with E-state index in [9.17, 15) is 4.39 Å². The summed E-state index contributed by atoms with van der Waals surface area (Å²) < 4.78 is 13.0. The van der Waals surface area contributed by atoms with Crippen LogP contribution < -0.4 is 5.32 Å². The molecule has 0 aromatic heterocycles. The van der Waals surface area contributed by atoms with Crippen LogP contribution in [-0.2, 0) is 6.54 Å². The molecule has 2 aromatic rings. The fraction of sp³-hybridized carbons (Fsp3) is 0.200. The summed E-state index contributed by atoms with van der Waals surface area (Å²) in [5.41, 5.74) is 2.20. The molecule has 0 radical (unpaired) electrons. The molecule has 1 unspecified atom stereocenters. The maximum absolute atomic E-state index is 13.0. The lowest BCUT2D eigenvalue weighted by molar-refractivity contribution is 0.573. The third-order valence-corrected chi connectivity index (χ3v) is 3.19. The van der Waals surface area contributed by atoms with Crippen LogP contribution in [0, 0.1) is 5.82 Å². The molecule has 94 valence electrons. The van der Waals surface area contributed by atoms with Gasteiger partial charge in [-0.2, -0.15) is 0 Å². The van der Waals surface area contributed by atoms with Gasteiger partial charge in [0.25, 0.3) is 0 Å². The molecule has 0 aliphatic rings. The molecule has 2 rings (SSSR count). The summed E-state index contributed by atoms with van der Waals surface area (Å²) >= 11 is 5.74. The molecule has 18 heavy (non-hydrogen) atoms. The van der Waals surface area contributed by atoms with E-state index in [1.54, 1.807) is 12.1 Å². The molecule has 1 atom stereocenters. The summed E-state index contributed by atoms with van der Waals surface area (Å²) in [4.78, 5) is 0. The highest BCUT2D eigenvalue weighted by molar-refractivity contribution is 6.30. The Morgan fingerprint density at radius 3 is 2.56 bits per heavy atom. The molecule has 2 aromatic carbocycles. The van der Waals surface area contributed by atoms with Crippen LogP contribution in [0.1, 0.15) is 24.1 Å². The molecule has 0 saturated heterocycles. The standard InChI is InChI=1S/C15H15ClFN/c1-11(13-5-3-2-4-6-13)18-10-12-7-8-15(17)14(16)9-12/h2-9,11,18H,10H2,1H3. The predicted molar refractivity (Wildman–Crippen MR) is 73.1 cm³/mol. The van der Waals surface area contributed by atoms with Crippen molar-refractivity contribution in [3.05, 3.63) is 70.5 Å². The minimum Gasteiger partial charge on any atom is -0.306 e. The molecule has 3 heteroatoms. The van der Waals surface area contributed by atoms with Gasteiger partial charge in [-0.15, -0.1) is 0 Å². The first-order valence-electron chi connectivity index (χ1n) is 5.89. The van der Waals surface area contributed by atoms with Gasteiger partial charge in [-0.25, -0.2) is 4.39 Å². The third kappa shape index (κ3) is 3.31. The molecule has 0 saturated carbocycles. The second-order valence-electron chi connectivity index (χ2n) is 4.26. The SMILES string of the molecule is CC(NCc1ccc(F)c(Cl)c1)c1ccccc1. The Balaban J connectivity index is 1.97. The molecule has 1 N–H and O–H groups in total. The maximum atomic E-state index is 13.0. The maximum Gasteiger partial charge on any atom is 0.141 e. The highest BCUT2D eigenvalue weighted by Gasteiger charge is 2.05. The number of halogens is 2. The Bertz CT molecular complexity index is 513. The Morgan fingerprint density at radius 1 is 1.17 bits per heavy atom. The number of benzene rings is 2. The van der Waals surface area contributed by atoms with Crippen LogP contribution in [0.2, 0.25) is 5.02 Å². The van der Waals surface area contributed by atoms with Gasteiger partial charge in [0.2, 0.25) is 0 Å². The second-order valence-corrected chi connectivity index (χ2v) is 4.67. The Morgan fingerprint density at radius 2 is 1.89 bits per heavy atom. The number of nitrogens with one attached hydrogen (secondary N) is 1. The second kappa shape index (κ2) is 5.98. The third-order valence-electron chi connectivity index (χ3n) is 2.90. The van der Waals surface area contributed by atoms with Crippen LogP contribution in [0.25, 0.3) is 0 Å². The van der Waals surface area contributed by atoms with E-state index in [1.807, 2.05) is 18.2 Å². The highest BCUT2D eigenvalue weighted by Crippen LogP contribution is 2.17. The highest BCUT2D eigenvalue weighted by atomic mass is 35.5. The summed E-state index contributed by atoms with van der Waals surface area (Å²) in [6.45, 7) is 2.76. The van der Waals surface area contributed by atoms with Crippen LogP contribution in [-0.4, -0.2) is 0 Å². The minimum absolute atomic E-state index is 0.168. The van der Waals surface area contributed by atoms with Crippen molar-refractivity contribution < 1.29 is 4.39 Å². The molecule has 0 aliphatic heterocycles. The van der Waals surface area contributed by atoms with Crippen molar-refractivity contribution in [1.29, 1.82) is 0 Å². The minimum atomic E-state index is -0.378. The monoisotopic (exact) mass is 263 g/mol. The van der Waals surface area contributed by atoms with Crippen molar-refractivity contribution in [3.8, 4) is 0 Å². The molecule has 0 heterocycles. The van der Waals surface area contributed by atoms with Crippen molar-refractivity contribution >= 4 is 11.6 Å². The summed E-state index contributed by atoms with van der Waals surface area (Å²) in [6.07, 6.45) is 0. The van der Waals surface area contributed by atoms with E-state index in [2.05, 4.69) is 24.4 Å². The van der Waals surface area contributed by atoms with E-state index in [1.165, 1.54) is 11.6 Å². The van der Waals surface area contributed by atoms with Gasteiger partial charge in [-0.3, -0.25) is 0 Å². The smallest absolute Gasteiger partial charge is 0.141 e. The normalized spacial score (nSPS) is 12.4. The molecule has 0 spiro atoms. The zero-order chi connectivity index (χ0) is 13.0. The molecule has 1 nitrogen and oxygen atoms in total. The first-order valence-corrected chi connectivity index (χ1v) is 6.27. The zero-order valence-electron chi connectivity index (χ0n) is 10.2. The Labute approximate surface area is 112 Å². The van der Waals surface area contributed by atoms with Crippen molar-refractivity contribution in [3.63, 3.8) is 0 Å². The number of rotatable bonds is 4. The van der Waals surface area contributed by atoms with E-state index < -0.39 is 0 Å². The van der Waals surface area contributed by atoms with E-state index in [0.29, 0.717) is 6.54 Å². The molecule has 0 fully saturated rings. The molecular formula is C15H15ClFN. The fourth-order valence-electron chi connectivity index (χ4n) is 1.78. The van der Waals surface area contributed by atoms with Crippen LogP contribution in [0.3, 0.4) is 0 Å². The van der Waals surface area contributed by atoms with Crippen molar-refractivity contribution in [2.75, 3.05) is 0 Å². The van der Waals surface area contributed by atoms with Crippen LogP contribution >= 0.6 is 11.6 Å². The average molecular weight is 264 g/mol. The number of hydrogen-bond donors (Lipinski definition) is 1. The van der Waals surface area contributed by atoms with Gasteiger partial charge >= 0.3 is 0 Å². The van der Waals surface area contributed by atoms with Crippen LogP contribution in [0.5, 0.6) is 0 Å². The quantitative estimate of drug-likeness (QED) is 0.866. The van der Waals surface area contributed by atoms with Gasteiger partial charge in [-0.1, -0.05) is 48.0 Å². The lowest BCUT2D eigenvalue weighted by Gasteiger charge is -2.14. The summed E-state index contributed by atoms with van der Waals surface area (Å²) in [6, 6.07) is 15.2. The zero-order valence-corrected chi connectivity index (χ0v) is 10.9. The van der Waals surface area contributed by atoms with Crippen molar-refractivity contribution in [2.45, 2.75) is 19.5 Å². The fourth-order valence-corrected chi connectivity index (χ4v) is 1.98. The molecular weight excluding hydrogens is 249 g/mol. The lowest BCUT2D eigenvalue weighted by Crippen LogP contribution is -2.17. The van der Waals surface area contributed by atoms with E-state index in [-0.39, 0.29) is 16.9 Å². The molecule has 0 aliphatic carbocycles. The topological polar surface area (TPSA) is 12.0 Å². The van der Waals surface area contributed by atoms with Gasteiger partial charge in [0.1, 0.15) is 5.82 Å². The first-order chi connectivity index (χ1) is 8.66. The number of hydrogen-bond acceptors (Lipinski definition) is 1. The van der Waals surface area contributed by atoms with Gasteiger partial charge in [-0.05, 0) is 30.2 Å². The van der Waals surface area contributed by atoms with Crippen molar-refractivity contribution in [1.82, 2.24) is 5.32 Å². The van der Waals surface area contributed by atoms with E-state index >= 15 is 0 Å². The Kier molecular flexibility index (Phi) is 4.34. The summed E-state index contributed by atoms with van der Waals surface area (Å²) in [5, 5.41) is 3.55. The van der Waals surface area contributed by atoms with Gasteiger partial charge in [0, 0.05) is 12.6 Å². The predicted octanol–water partition coefficient (Wildman–Crippen LogP) is 4.33. The summed E-state index contributed by atoms with van der Waals surface area (Å²) in [7, 11) is 0. The van der Waals surface area contributed by atoms with Crippen molar-refractivity contribution in [2.24, 2.45) is 0 Å². The first kappa shape index (κ1) is 13.1. The Hall–Kier alpha value is -1.38. The summed E-state index contributed by atoms with van der Waals surface area (Å²) in [5.74, 6) is -0.378.